The predicted octanol–water partition coefficient (Wildman–Crippen LogP) is 1.94. The highest BCUT2D eigenvalue weighted by Gasteiger charge is 2.23. The van der Waals surface area contributed by atoms with Crippen LogP contribution in [0.5, 0.6) is 0 Å². The normalized spacial score (nSPS) is 16.3. The molecule has 1 saturated carbocycles. The van der Waals surface area contributed by atoms with Crippen LogP contribution in [0.25, 0.3) is 0 Å². The van der Waals surface area contributed by atoms with Gasteiger partial charge in [-0.2, -0.15) is 0 Å². The number of aliphatic carboxylic acids is 1. The van der Waals surface area contributed by atoms with E-state index in [1.807, 2.05) is 12.1 Å². The Labute approximate surface area is 101 Å². The Balaban J connectivity index is 0.00000128. The van der Waals surface area contributed by atoms with Crippen molar-refractivity contribution >= 4 is 18.4 Å². The molecule has 1 aliphatic rings. The molecule has 16 heavy (non-hydrogen) atoms. The van der Waals surface area contributed by atoms with Crippen molar-refractivity contribution in [1.29, 1.82) is 0 Å². The fourth-order valence-corrected chi connectivity index (χ4v) is 1.68. The third-order valence-electron chi connectivity index (χ3n) is 2.80. The molecule has 0 bridgehead atoms. The summed E-state index contributed by atoms with van der Waals surface area (Å²) in [6, 6.07) is 7.34. The molecule has 3 nitrogen and oxygen atoms in total. The highest BCUT2D eigenvalue weighted by atomic mass is 35.5. The molecule has 1 aromatic carbocycles. The molecule has 0 heterocycles. The lowest BCUT2D eigenvalue weighted by Gasteiger charge is -2.06. The summed E-state index contributed by atoms with van der Waals surface area (Å²) in [6.07, 6.45) is 2.97. The minimum absolute atomic E-state index is 0. The molecule has 0 saturated heterocycles. The summed E-state index contributed by atoms with van der Waals surface area (Å²) in [5.41, 5.74) is 7.82. The first-order valence-corrected chi connectivity index (χ1v) is 5.24. The second-order valence-electron chi connectivity index (χ2n) is 4.16. The number of carbonyl (C=O) groups is 1. The quantitative estimate of drug-likeness (QED) is 0.847. The van der Waals surface area contributed by atoms with E-state index in [-0.39, 0.29) is 12.4 Å². The molecule has 1 aromatic rings. The van der Waals surface area contributed by atoms with Crippen molar-refractivity contribution in [3.8, 4) is 0 Å². The molecule has 0 aromatic heterocycles. The summed E-state index contributed by atoms with van der Waals surface area (Å²) in [4.78, 5) is 10.6. The fraction of sp³-hybridized carbons (Fsp3) is 0.417. The SMILES string of the molecule is Cl.NC(Cc1ccc(C2CC2)cc1)C(=O)O. The number of carboxylic acids is 1. The van der Waals surface area contributed by atoms with E-state index in [1.165, 1.54) is 18.4 Å². The zero-order valence-electron chi connectivity index (χ0n) is 8.93. The third kappa shape index (κ3) is 3.22. The smallest absolute Gasteiger partial charge is 0.320 e. The Morgan fingerprint density at radius 2 is 1.94 bits per heavy atom. The topological polar surface area (TPSA) is 63.3 Å². The molecule has 0 amide bonds. The number of carboxylic acid groups (broad SMARTS) is 1. The summed E-state index contributed by atoms with van der Waals surface area (Å²) in [7, 11) is 0. The van der Waals surface area contributed by atoms with E-state index in [4.69, 9.17) is 10.8 Å². The van der Waals surface area contributed by atoms with E-state index in [0.717, 1.165) is 11.5 Å². The molecule has 1 unspecified atom stereocenters. The molecule has 2 rings (SSSR count). The Bertz CT molecular complexity index is 360. The predicted molar refractivity (Wildman–Crippen MR) is 65.0 cm³/mol. The van der Waals surface area contributed by atoms with Gasteiger partial charge in [0.05, 0.1) is 0 Å². The molecule has 0 aliphatic heterocycles. The maximum absolute atomic E-state index is 10.6. The van der Waals surface area contributed by atoms with Crippen molar-refractivity contribution in [3.05, 3.63) is 35.4 Å². The van der Waals surface area contributed by atoms with Gasteiger partial charge in [0.15, 0.2) is 0 Å². The van der Waals surface area contributed by atoms with Crippen molar-refractivity contribution in [1.82, 2.24) is 0 Å². The van der Waals surface area contributed by atoms with Gasteiger partial charge in [0, 0.05) is 0 Å². The first-order valence-electron chi connectivity index (χ1n) is 5.24. The molecular formula is C12H16ClNO2. The first-order chi connectivity index (χ1) is 7.16. The number of benzene rings is 1. The van der Waals surface area contributed by atoms with Crippen LogP contribution in [0.2, 0.25) is 0 Å². The minimum atomic E-state index is -0.943. The van der Waals surface area contributed by atoms with E-state index in [0.29, 0.717) is 6.42 Å². The number of halogens is 1. The summed E-state index contributed by atoms with van der Waals surface area (Å²) in [5.74, 6) is -0.200. The van der Waals surface area contributed by atoms with Crippen LogP contribution in [0.4, 0.5) is 0 Å². The van der Waals surface area contributed by atoms with Gasteiger partial charge >= 0.3 is 5.97 Å². The van der Waals surface area contributed by atoms with E-state index < -0.39 is 12.0 Å². The number of hydrogen-bond donors (Lipinski definition) is 2. The second-order valence-corrected chi connectivity index (χ2v) is 4.16. The summed E-state index contributed by atoms with van der Waals surface area (Å²) < 4.78 is 0. The van der Waals surface area contributed by atoms with Crippen LogP contribution >= 0.6 is 12.4 Å². The monoisotopic (exact) mass is 241 g/mol. The lowest BCUT2D eigenvalue weighted by Crippen LogP contribution is -2.32. The van der Waals surface area contributed by atoms with Gasteiger partial charge < -0.3 is 10.8 Å². The standard InChI is InChI=1S/C12H15NO2.ClH/c13-11(12(14)15)7-8-1-3-9(4-2-8)10-5-6-10;/h1-4,10-11H,5-7,13H2,(H,14,15);1H. The van der Waals surface area contributed by atoms with Gasteiger partial charge in [-0.1, -0.05) is 24.3 Å². The van der Waals surface area contributed by atoms with Gasteiger partial charge in [-0.3, -0.25) is 4.79 Å². The Morgan fingerprint density at radius 3 is 2.38 bits per heavy atom. The van der Waals surface area contributed by atoms with Crippen LogP contribution in [0, 0.1) is 0 Å². The van der Waals surface area contributed by atoms with Gasteiger partial charge in [0.1, 0.15) is 6.04 Å². The summed E-state index contributed by atoms with van der Waals surface area (Å²) in [5, 5.41) is 8.67. The molecule has 0 spiro atoms. The van der Waals surface area contributed by atoms with E-state index in [2.05, 4.69) is 12.1 Å². The maximum Gasteiger partial charge on any atom is 0.320 e. The van der Waals surface area contributed by atoms with Gasteiger partial charge in [-0.25, -0.2) is 0 Å². The Hall–Kier alpha value is -1.06. The molecule has 1 atom stereocenters. The first kappa shape index (κ1) is 13.0. The van der Waals surface area contributed by atoms with Crippen molar-refractivity contribution in [2.45, 2.75) is 31.2 Å². The van der Waals surface area contributed by atoms with Crippen molar-refractivity contribution < 1.29 is 9.90 Å². The molecule has 4 heteroatoms. The van der Waals surface area contributed by atoms with Crippen LogP contribution in [0.1, 0.15) is 29.9 Å². The second kappa shape index (κ2) is 5.32. The minimum Gasteiger partial charge on any atom is -0.480 e. The van der Waals surface area contributed by atoms with Gasteiger partial charge in [0.25, 0.3) is 0 Å². The van der Waals surface area contributed by atoms with Crippen molar-refractivity contribution in [2.24, 2.45) is 5.73 Å². The molecule has 1 aliphatic carbocycles. The summed E-state index contributed by atoms with van der Waals surface area (Å²) >= 11 is 0. The highest BCUT2D eigenvalue weighted by Crippen LogP contribution is 2.39. The largest absolute Gasteiger partial charge is 0.480 e. The zero-order valence-corrected chi connectivity index (χ0v) is 9.74. The Kier molecular flexibility index (Phi) is 4.33. The van der Waals surface area contributed by atoms with Crippen LogP contribution in [-0.2, 0) is 11.2 Å². The highest BCUT2D eigenvalue weighted by molar-refractivity contribution is 5.85. The van der Waals surface area contributed by atoms with E-state index in [9.17, 15) is 4.79 Å². The summed E-state index contributed by atoms with van der Waals surface area (Å²) in [6.45, 7) is 0. The molecule has 0 radical (unpaired) electrons. The lowest BCUT2D eigenvalue weighted by atomic mass is 10.0. The Morgan fingerprint density at radius 1 is 1.38 bits per heavy atom. The van der Waals surface area contributed by atoms with E-state index >= 15 is 0 Å². The van der Waals surface area contributed by atoms with Gasteiger partial charge in [-0.15, -0.1) is 12.4 Å². The van der Waals surface area contributed by atoms with Crippen LogP contribution in [0.15, 0.2) is 24.3 Å². The zero-order chi connectivity index (χ0) is 10.8. The third-order valence-corrected chi connectivity index (χ3v) is 2.80. The molecular weight excluding hydrogens is 226 g/mol. The van der Waals surface area contributed by atoms with Gasteiger partial charge in [0.2, 0.25) is 0 Å². The number of nitrogens with two attached hydrogens (primary N) is 1. The maximum atomic E-state index is 10.6. The molecule has 88 valence electrons. The van der Waals surface area contributed by atoms with Crippen LogP contribution in [-0.4, -0.2) is 17.1 Å². The average Bonchev–Trinajstić information content (AvgIpc) is 3.02. The average molecular weight is 242 g/mol. The van der Waals surface area contributed by atoms with Crippen molar-refractivity contribution in [3.63, 3.8) is 0 Å². The lowest BCUT2D eigenvalue weighted by molar-refractivity contribution is -0.138. The van der Waals surface area contributed by atoms with Crippen LogP contribution < -0.4 is 5.73 Å². The van der Waals surface area contributed by atoms with Crippen molar-refractivity contribution in [2.75, 3.05) is 0 Å². The van der Waals surface area contributed by atoms with Gasteiger partial charge in [-0.05, 0) is 36.3 Å². The fourth-order valence-electron chi connectivity index (χ4n) is 1.68. The number of hydrogen-bond acceptors (Lipinski definition) is 2. The van der Waals surface area contributed by atoms with E-state index in [1.54, 1.807) is 0 Å². The van der Waals surface area contributed by atoms with Crippen LogP contribution in [0.3, 0.4) is 0 Å². The number of rotatable bonds is 4. The molecule has 3 N–H and O–H groups in total. The molecule has 1 fully saturated rings.